The Bertz CT molecular complexity index is 587. The number of aryl methyl sites for hydroxylation is 1. The normalized spacial score (nSPS) is 10.8. The molecule has 2 aromatic heterocycles. The van der Waals surface area contributed by atoms with Crippen LogP contribution in [0.2, 0.25) is 0 Å². The molecule has 0 spiro atoms. The van der Waals surface area contributed by atoms with Crippen molar-refractivity contribution in [2.24, 2.45) is 0 Å². The second-order valence-corrected chi connectivity index (χ2v) is 4.79. The van der Waals surface area contributed by atoms with Crippen LogP contribution < -0.4 is 0 Å². The first kappa shape index (κ1) is 11.9. The Labute approximate surface area is 106 Å². The average molecular weight is 245 g/mol. The fourth-order valence-corrected chi connectivity index (χ4v) is 2.27. The molecule has 0 aromatic carbocycles. The van der Waals surface area contributed by atoms with Gasteiger partial charge in [0.05, 0.1) is 12.0 Å². The van der Waals surface area contributed by atoms with Crippen molar-refractivity contribution in [2.45, 2.75) is 26.7 Å². The van der Waals surface area contributed by atoms with Crippen molar-refractivity contribution in [3.05, 3.63) is 40.6 Å². The molecule has 2 heterocycles. The Hall–Kier alpha value is -1.55. The number of aromatic nitrogens is 3. The topological polar surface area (TPSA) is 41.6 Å². The molecule has 0 aliphatic rings. The number of hydrogen-bond acceptors (Lipinski definition) is 3. The molecule has 4 heteroatoms. The third kappa shape index (κ3) is 2.42. The van der Waals surface area contributed by atoms with Gasteiger partial charge in [0.1, 0.15) is 4.64 Å². The van der Waals surface area contributed by atoms with Crippen LogP contribution in [0.4, 0.5) is 0 Å². The van der Waals surface area contributed by atoms with E-state index < -0.39 is 0 Å². The molecule has 0 aliphatic heterocycles. The molecule has 0 bridgehead atoms. The first-order valence-electron chi connectivity index (χ1n) is 5.59. The quantitative estimate of drug-likeness (QED) is 0.821. The zero-order valence-corrected chi connectivity index (χ0v) is 11.0. The lowest BCUT2D eigenvalue weighted by atomic mass is 9.99. The molecule has 17 heavy (non-hydrogen) atoms. The van der Waals surface area contributed by atoms with E-state index in [1.54, 1.807) is 6.33 Å². The van der Waals surface area contributed by atoms with E-state index in [1.807, 2.05) is 19.3 Å². The number of rotatable bonds is 2. The van der Waals surface area contributed by atoms with E-state index in [2.05, 4.69) is 34.9 Å². The Kier molecular flexibility index (Phi) is 3.33. The molecule has 0 amide bonds. The fraction of sp³-hybridized carbons (Fsp3) is 0.308. The maximum atomic E-state index is 5.30. The van der Waals surface area contributed by atoms with Crippen LogP contribution >= 0.6 is 12.2 Å². The highest BCUT2D eigenvalue weighted by molar-refractivity contribution is 7.71. The molecule has 2 aromatic rings. The highest BCUT2D eigenvalue weighted by atomic mass is 32.1. The molecule has 0 fully saturated rings. The highest BCUT2D eigenvalue weighted by Gasteiger charge is 2.11. The van der Waals surface area contributed by atoms with Gasteiger partial charge in [0.15, 0.2) is 0 Å². The molecule has 0 unspecified atom stereocenters. The summed E-state index contributed by atoms with van der Waals surface area (Å²) in [7, 11) is 0. The Morgan fingerprint density at radius 2 is 2.06 bits per heavy atom. The molecule has 1 N–H and O–H groups in total. The van der Waals surface area contributed by atoms with E-state index in [1.165, 1.54) is 0 Å². The smallest absolute Gasteiger partial charge is 0.133 e. The summed E-state index contributed by atoms with van der Waals surface area (Å²) in [5.41, 5.74) is 4.29. The fourth-order valence-electron chi connectivity index (χ4n) is 1.88. The zero-order valence-electron chi connectivity index (χ0n) is 10.2. The van der Waals surface area contributed by atoms with Gasteiger partial charge < -0.3 is 4.98 Å². The Morgan fingerprint density at radius 3 is 2.71 bits per heavy atom. The molecule has 0 saturated carbocycles. The maximum Gasteiger partial charge on any atom is 0.133 e. The van der Waals surface area contributed by atoms with Crippen molar-refractivity contribution < 1.29 is 0 Å². The van der Waals surface area contributed by atoms with Crippen molar-refractivity contribution in [1.82, 2.24) is 15.0 Å². The summed E-state index contributed by atoms with van der Waals surface area (Å²) < 4.78 is 0.662. The summed E-state index contributed by atoms with van der Waals surface area (Å²) in [6.45, 7) is 6.27. The van der Waals surface area contributed by atoms with E-state index in [0.29, 0.717) is 10.6 Å². The standard InChI is InChI=1S/C13H15N3S/c1-8(2)11-12(15-7-16-13(11)17)10-4-9(3)5-14-6-10/h4-8H,1-3H3,(H,15,16,17). The molecule has 0 radical (unpaired) electrons. The predicted molar refractivity (Wildman–Crippen MR) is 71.5 cm³/mol. The molecule has 0 saturated heterocycles. The van der Waals surface area contributed by atoms with Crippen molar-refractivity contribution in [1.29, 1.82) is 0 Å². The summed E-state index contributed by atoms with van der Waals surface area (Å²) >= 11 is 5.30. The minimum Gasteiger partial charge on any atom is -0.345 e. The van der Waals surface area contributed by atoms with Crippen LogP contribution in [0, 0.1) is 11.6 Å². The van der Waals surface area contributed by atoms with Gasteiger partial charge in [0, 0.05) is 23.5 Å². The van der Waals surface area contributed by atoms with Gasteiger partial charge in [-0.1, -0.05) is 26.1 Å². The van der Waals surface area contributed by atoms with Crippen LogP contribution in [-0.2, 0) is 0 Å². The minimum atomic E-state index is 0.336. The number of H-pyrrole nitrogens is 1. The Morgan fingerprint density at radius 1 is 1.29 bits per heavy atom. The summed E-state index contributed by atoms with van der Waals surface area (Å²) in [4.78, 5) is 11.5. The van der Waals surface area contributed by atoms with Gasteiger partial charge in [0.25, 0.3) is 0 Å². The van der Waals surface area contributed by atoms with E-state index in [0.717, 1.165) is 22.4 Å². The number of nitrogens with one attached hydrogen (secondary N) is 1. The van der Waals surface area contributed by atoms with Gasteiger partial charge in [0.2, 0.25) is 0 Å². The summed E-state index contributed by atoms with van der Waals surface area (Å²) in [6, 6.07) is 2.10. The summed E-state index contributed by atoms with van der Waals surface area (Å²) in [5, 5.41) is 0. The number of aromatic amines is 1. The number of hydrogen-bond donors (Lipinski definition) is 1. The van der Waals surface area contributed by atoms with Gasteiger partial charge in [-0.05, 0) is 24.5 Å². The largest absolute Gasteiger partial charge is 0.345 e. The molecule has 88 valence electrons. The second-order valence-electron chi connectivity index (χ2n) is 4.40. The van der Waals surface area contributed by atoms with Crippen LogP contribution in [0.1, 0.15) is 30.9 Å². The molecule has 0 atom stereocenters. The van der Waals surface area contributed by atoms with E-state index in [9.17, 15) is 0 Å². The van der Waals surface area contributed by atoms with Crippen molar-refractivity contribution in [2.75, 3.05) is 0 Å². The molecule has 2 rings (SSSR count). The third-order valence-corrected chi connectivity index (χ3v) is 2.96. The van der Waals surface area contributed by atoms with Crippen molar-refractivity contribution in [3.8, 4) is 11.3 Å². The first-order valence-corrected chi connectivity index (χ1v) is 6.00. The lowest BCUT2D eigenvalue weighted by Crippen LogP contribution is -1.99. The summed E-state index contributed by atoms with van der Waals surface area (Å²) in [6.07, 6.45) is 5.33. The SMILES string of the molecule is Cc1cncc(-c2[nH]cnc(=S)c2C(C)C)c1. The van der Waals surface area contributed by atoms with Crippen LogP contribution in [0.3, 0.4) is 0 Å². The minimum absolute atomic E-state index is 0.336. The van der Waals surface area contributed by atoms with Crippen LogP contribution in [0.25, 0.3) is 11.3 Å². The average Bonchev–Trinajstić information content (AvgIpc) is 2.28. The maximum absolute atomic E-state index is 5.30. The van der Waals surface area contributed by atoms with Gasteiger partial charge in [-0.3, -0.25) is 4.98 Å². The van der Waals surface area contributed by atoms with Crippen molar-refractivity contribution in [3.63, 3.8) is 0 Å². The number of nitrogens with zero attached hydrogens (tertiary/aromatic N) is 2. The molecule has 3 nitrogen and oxygen atoms in total. The van der Waals surface area contributed by atoms with Crippen LogP contribution in [-0.4, -0.2) is 15.0 Å². The molecular weight excluding hydrogens is 230 g/mol. The van der Waals surface area contributed by atoms with Gasteiger partial charge in [-0.25, -0.2) is 4.98 Å². The summed E-state index contributed by atoms with van der Waals surface area (Å²) in [5.74, 6) is 0.336. The number of pyridine rings is 1. The van der Waals surface area contributed by atoms with E-state index in [-0.39, 0.29) is 0 Å². The zero-order chi connectivity index (χ0) is 12.4. The van der Waals surface area contributed by atoms with Gasteiger partial charge >= 0.3 is 0 Å². The second kappa shape index (κ2) is 4.75. The van der Waals surface area contributed by atoms with Crippen LogP contribution in [0.15, 0.2) is 24.8 Å². The lowest BCUT2D eigenvalue weighted by Gasteiger charge is -2.12. The van der Waals surface area contributed by atoms with Crippen molar-refractivity contribution >= 4 is 12.2 Å². The van der Waals surface area contributed by atoms with E-state index in [4.69, 9.17) is 12.2 Å². The predicted octanol–water partition coefficient (Wildman–Crippen LogP) is 3.63. The highest BCUT2D eigenvalue weighted by Crippen LogP contribution is 2.27. The lowest BCUT2D eigenvalue weighted by molar-refractivity contribution is 0.843. The van der Waals surface area contributed by atoms with Crippen LogP contribution in [0.5, 0.6) is 0 Å². The van der Waals surface area contributed by atoms with Gasteiger partial charge in [-0.2, -0.15) is 0 Å². The third-order valence-electron chi connectivity index (χ3n) is 2.63. The Balaban J connectivity index is 2.67. The van der Waals surface area contributed by atoms with Gasteiger partial charge in [-0.15, -0.1) is 0 Å². The molecule has 0 aliphatic carbocycles. The first-order chi connectivity index (χ1) is 8.09. The van der Waals surface area contributed by atoms with E-state index >= 15 is 0 Å². The molecular formula is C13H15N3S. The monoisotopic (exact) mass is 245 g/mol.